The van der Waals surface area contributed by atoms with Crippen molar-refractivity contribution in [3.63, 3.8) is 0 Å². The summed E-state index contributed by atoms with van der Waals surface area (Å²) in [5, 5.41) is 10.2. The fourth-order valence-electron chi connectivity index (χ4n) is 3.25. The third-order valence-electron chi connectivity index (χ3n) is 4.39. The summed E-state index contributed by atoms with van der Waals surface area (Å²) in [5.41, 5.74) is 7.10. The third-order valence-corrected chi connectivity index (χ3v) is 4.39. The van der Waals surface area contributed by atoms with Gasteiger partial charge in [-0.3, -0.25) is 0 Å². The summed E-state index contributed by atoms with van der Waals surface area (Å²) >= 11 is 0. The number of hydrogen-bond donors (Lipinski definition) is 2. The molecule has 5 heteroatoms. The molecule has 3 N–H and O–H groups in total. The van der Waals surface area contributed by atoms with Crippen molar-refractivity contribution >= 4 is 12.4 Å². The van der Waals surface area contributed by atoms with Gasteiger partial charge in [0.2, 0.25) is 0 Å². The molecule has 0 saturated heterocycles. The van der Waals surface area contributed by atoms with Gasteiger partial charge in [-0.05, 0) is 43.0 Å². The van der Waals surface area contributed by atoms with Gasteiger partial charge in [0.05, 0.1) is 20.3 Å². The Hall–Kier alpha value is -0.970. The third kappa shape index (κ3) is 4.02. The molecular formula is C16H26ClNO3. The van der Waals surface area contributed by atoms with Crippen molar-refractivity contribution < 1.29 is 14.6 Å². The average Bonchev–Trinajstić information content (AvgIpc) is 2.49. The van der Waals surface area contributed by atoms with Crippen LogP contribution in [0.3, 0.4) is 0 Å². The lowest BCUT2D eigenvalue weighted by atomic mass is 9.75. The lowest BCUT2D eigenvalue weighted by Gasteiger charge is -2.34. The first-order chi connectivity index (χ1) is 9.71. The lowest BCUT2D eigenvalue weighted by Crippen LogP contribution is -2.33. The molecule has 0 radical (unpaired) electrons. The highest BCUT2D eigenvalue weighted by Crippen LogP contribution is 2.38. The first-order valence-corrected chi connectivity index (χ1v) is 7.31. The standard InChI is InChI=1S/C16H25NO3.ClH/c1-19-15-8-7-11(9-16(15)20-2)13(10-17)12-5-3-4-6-14(12)18;/h7-9,12-14,18H,3-6,10,17H2,1-2H3;1H/t12?,13-,14-;/m0./s1. The molecule has 2 rings (SSSR count). The molecule has 1 fully saturated rings. The van der Waals surface area contributed by atoms with Crippen LogP contribution in [0.15, 0.2) is 18.2 Å². The van der Waals surface area contributed by atoms with E-state index in [2.05, 4.69) is 0 Å². The average molecular weight is 316 g/mol. The largest absolute Gasteiger partial charge is 0.493 e. The van der Waals surface area contributed by atoms with Gasteiger partial charge in [-0.1, -0.05) is 18.9 Å². The molecule has 1 aliphatic carbocycles. The van der Waals surface area contributed by atoms with Crippen molar-refractivity contribution in [2.45, 2.75) is 37.7 Å². The number of ether oxygens (including phenoxy) is 2. The van der Waals surface area contributed by atoms with Crippen LogP contribution >= 0.6 is 12.4 Å². The van der Waals surface area contributed by atoms with Gasteiger partial charge in [0.15, 0.2) is 11.5 Å². The number of aliphatic hydroxyl groups excluding tert-OH is 1. The highest BCUT2D eigenvalue weighted by molar-refractivity contribution is 5.85. The van der Waals surface area contributed by atoms with Crippen LogP contribution in [-0.4, -0.2) is 32.0 Å². The number of nitrogens with two attached hydrogens (primary N) is 1. The van der Waals surface area contributed by atoms with Gasteiger partial charge in [0.1, 0.15) is 0 Å². The van der Waals surface area contributed by atoms with E-state index in [9.17, 15) is 5.11 Å². The molecule has 120 valence electrons. The van der Waals surface area contributed by atoms with E-state index in [4.69, 9.17) is 15.2 Å². The smallest absolute Gasteiger partial charge is 0.160 e. The molecule has 3 atom stereocenters. The minimum atomic E-state index is -0.245. The number of methoxy groups -OCH3 is 2. The highest BCUT2D eigenvalue weighted by Gasteiger charge is 2.31. The second-order valence-electron chi connectivity index (χ2n) is 5.47. The molecule has 0 bridgehead atoms. The van der Waals surface area contributed by atoms with Gasteiger partial charge in [0.25, 0.3) is 0 Å². The lowest BCUT2D eigenvalue weighted by molar-refractivity contribution is 0.0560. The second kappa shape index (κ2) is 8.47. The van der Waals surface area contributed by atoms with Crippen molar-refractivity contribution in [2.24, 2.45) is 11.7 Å². The maximum absolute atomic E-state index is 10.2. The van der Waals surface area contributed by atoms with Gasteiger partial charge in [0, 0.05) is 5.92 Å². The number of halogens is 1. The normalized spacial score (nSPS) is 23.0. The van der Waals surface area contributed by atoms with Crippen LogP contribution in [0.2, 0.25) is 0 Å². The molecule has 0 aromatic heterocycles. The van der Waals surface area contributed by atoms with Gasteiger partial charge < -0.3 is 20.3 Å². The number of hydrogen-bond acceptors (Lipinski definition) is 4. The zero-order chi connectivity index (χ0) is 14.5. The summed E-state index contributed by atoms with van der Waals surface area (Å²) in [7, 11) is 3.26. The maximum Gasteiger partial charge on any atom is 0.160 e. The molecule has 1 aliphatic rings. The van der Waals surface area contributed by atoms with E-state index >= 15 is 0 Å². The van der Waals surface area contributed by atoms with E-state index in [1.165, 1.54) is 6.42 Å². The summed E-state index contributed by atoms with van der Waals surface area (Å²) in [6, 6.07) is 5.92. The predicted molar refractivity (Wildman–Crippen MR) is 86.6 cm³/mol. The zero-order valence-electron chi connectivity index (χ0n) is 12.7. The first kappa shape index (κ1) is 18.1. The Morgan fingerprint density at radius 2 is 1.86 bits per heavy atom. The van der Waals surface area contributed by atoms with Crippen LogP contribution in [0.25, 0.3) is 0 Å². The first-order valence-electron chi connectivity index (χ1n) is 7.31. The second-order valence-corrected chi connectivity index (χ2v) is 5.47. The topological polar surface area (TPSA) is 64.7 Å². The quantitative estimate of drug-likeness (QED) is 0.877. The van der Waals surface area contributed by atoms with Crippen molar-refractivity contribution in [3.8, 4) is 11.5 Å². The van der Waals surface area contributed by atoms with E-state index in [-0.39, 0.29) is 30.3 Å². The molecule has 4 nitrogen and oxygen atoms in total. The van der Waals surface area contributed by atoms with E-state index in [1.807, 2.05) is 18.2 Å². The summed E-state index contributed by atoms with van der Waals surface area (Å²) in [6.45, 7) is 0.539. The summed E-state index contributed by atoms with van der Waals surface area (Å²) in [6.07, 6.45) is 3.96. The van der Waals surface area contributed by atoms with Crippen LogP contribution in [0.5, 0.6) is 11.5 Å². The van der Waals surface area contributed by atoms with Crippen LogP contribution in [0, 0.1) is 5.92 Å². The number of benzene rings is 1. The molecule has 0 aliphatic heterocycles. The van der Waals surface area contributed by atoms with Crippen molar-refractivity contribution in [3.05, 3.63) is 23.8 Å². The molecule has 0 heterocycles. The Labute approximate surface area is 133 Å². The van der Waals surface area contributed by atoms with Gasteiger partial charge >= 0.3 is 0 Å². The zero-order valence-corrected chi connectivity index (χ0v) is 13.6. The Morgan fingerprint density at radius 3 is 2.43 bits per heavy atom. The fourth-order valence-corrected chi connectivity index (χ4v) is 3.25. The van der Waals surface area contributed by atoms with Crippen molar-refractivity contribution in [2.75, 3.05) is 20.8 Å². The van der Waals surface area contributed by atoms with E-state index in [0.29, 0.717) is 12.3 Å². The Bertz CT molecular complexity index is 442. The minimum absolute atomic E-state index is 0. The molecule has 0 amide bonds. The minimum Gasteiger partial charge on any atom is -0.493 e. The van der Waals surface area contributed by atoms with Crippen LogP contribution in [0.4, 0.5) is 0 Å². The number of aliphatic hydroxyl groups is 1. The molecule has 1 aromatic rings. The molecule has 21 heavy (non-hydrogen) atoms. The molecule has 0 spiro atoms. The van der Waals surface area contributed by atoms with Crippen LogP contribution in [-0.2, 0) is 0 Å². The monoisotopic (exact) mass is 315 g/mol. The summed E-state index contributed by atoms with van der Waals surface area (Å²) < 4.78 is 10.6. The fraction of sp³-hybridized carbons (Fsp3) is 0.625. The van der Waals surface area contributed by atoms with E-state index < -0.39 is 0 Å². The molecule has 1 aromatic carbocycles. The Kier molecular flexibility index (Phi) is 7.29. The molecule has 1 saturated carbocycles. The molecular weight excluding hydrogens is 290 g/mol. The highest BCUT2D eigenvalue weighted by atomic mass is 35.5. The SMILES string of the molecule is COc1ccc([C@H](CN)C2CCCC[C@@H]2O)cc1OC.Cl. The van der Waals surface area contributed by atoms with Gasteiger partial charge in [-0.15, -0.1) is 12.4 Å². The van der Waals surface area contributed by atoms with Crippen LogP contribution < -0.4 is 15.2 Å². The van der Waals surface area contributed by atoms with E-state index in [0.717, 1.165) is 30.6 Å². The summed E-state index contributed by atoms with van der Waals surface area (Å²) in [5.74, 6) is 1.85. The Morgan fingerprint density at radius 1 is 1.19 bits per heavy atom. The molecule has 1 unspecified atom stereocenters. The van der Waals surface area contributed by atoms with Gasteiger partial charge in [-0.2, -0.15) is 0 Å². The maximum atomic E-state index is 10.2. The van der Waals surface area contributed by atoms with E-state index in [1.54, 1.807) is 14.2 Å². The van der Waals surface area contributed by atoms with Crippen molar-refractivity contribution in [1.82, 2.24) is 0 Å². The van der Waals surface area contributed by atoms with Gasteiger partial charge in [-0.25, -0.2) is 0 Å². The van der Waals surface area contributed by atoms with Crippen LogP contribution in [0.1, 0.15) is 37.2 Å². The predicted octanol–water partition coefficient (Wildman–Crippen LogP) is 2.72. The van der Waals surface area contributed by atoms with Crippen molar-refractivity contribution in [1.29, 1.82) is 0 Å². The summed E-state index contributed by atoms with van der Waals surface area (Å²) in [4.78, 5) is 0. The Balaban J connectivity index is 0.00000220. The number of rotatable bonds is 5.